The largest absolute Gasteiger partial charge is 0.508 e. The van der Waals surface area contributed by atoms with Crippen molar-refractivity contribution in [3.8, 4) is 11.5 Å². The first-order chi connectivity index (χ1) is 12.0. The van der Waals surface area contributed by atoms with Gasteiger partial charge in [-0.15, -0.1) is 0 Å². The van der Waals surface area contributed by atoms with Crippen molar-refractivity contribution in [2.45, 2.75) is 19.3 Å². The lowest BCUT2D eigenvalue weighted by molar-refractivity contribution is -0.123. The molecule has 0 fully saturated rings. The molecule has 1 unspecified atom stereocenters. The van der Waals surface area contributed by atoms with Crippen molar-refractivity contribution in [2.24, 2.45) is 0 Å². The maximum atomic E-state index is 13.4. The van der Waals surface area contributed by atoms with Crippen LogP contribution < -0.4 is 15.4 Å². The minimum absolute atomic E-state index is 0.0133. The van der Waals surface area contributed by atoms with Gasteiger partial charge < -0.3 is 20.5 Å². The zero-order chi connectivity index (χ0) is 18.0. The maximum Gasteiger partial charge on any atom is 0.232 e. The molecule has 2 aromatic rings. The van der Waals surface area contributed by atoms with E-state index in [1.54, 1.807) is 6.92 Å². The number of ether oxygens (including phenoxy) is 1. The number of phenols is 1. The highest BCUT2D eigenvalue weighted by Gasteiger charge is 2.31. The molecule has 3 rings (SSSR count). The number of rotatable bonds is 4. The molecule has 6 nitrogen and oxygen atoms in total. The lowest BCUT2D eigenvalue weighted by atomic mass is 9.89. The van der Waals surface area contributed by atoms with Gasteiger partial charge in [0.2, 0.25) is 11.8 Å². The lowest BCUT2D eigenvalue weighted by Gasteiger charge is -2.25. The molecule has 0 spiro atoms. The first-order valence-electron chi connectivity index (χ1n) is 7.84. The summed E-state index contributed by atoms with van der Waals surface area (Å²) in [5, 5.41) is 14.8. The van der Waals surface area contributed by atoms with E-state index in [1.807, 2.05) is 0 Å². The minimum atomic E-state index is -0.743. The Kier molecular flexibility index (Phi) is 4.56. The summed E-state index contributed by atoms with van der Waals surface area (Å²) in [6.45, 7) is 2.15. The molecular formula is C18H17FN2O4. The number of nitrogens with one attached hydrogen (secondary N) is 2. The standard InChI is InChI=1S/C18H17FN2O4/c1-2-25-16-8-11(22)4-6-14(16)21-18(24)13-9-17(23)20-15-7-10(19)3-5-12(13)15/h3-8,13,22H,2,9H2,1H3,(H,20,23)(H,21,24). The number of carbonyl (C=O) groups is 2. The van der Waals surface area contributed by atoms with Gasteiger partial charge in [0.1, 0.15) is 17.3 Å². The van der Waals surface area contributed by atoms with Crippen molar-refractivity contribution < 1.29 is 23.8 Å². The SMILES string of the molecule is CCOc1cc(O)ccc1NC(=O)C1CC(=O)Nc2cc(F)ccc21. The molecule has 0 saturated carbocycles. The first kappa shape index (κ1) is 16.8. The normalized spacial score (nSPS) is 15.9. The van der Waals surface area contributed by atoms with E-state index in [2.05, 4.69) is 10.6 Å². The van der Waals surface area contributed by atoms with Crippen LogP contribution in [-0.2, 0) is 9.59 Å². The number of fused-ring (bicyclic) bond motifs is 1. The van der Waals surface area contributed by atoms with Gasteiger partial charge in [-0.3, -0.25) is 9.59 Å². The summed E-state index contributed by atoms with van der Waals surface area (Å²) in [7, 11) is 0. The fourth-order valence-corrected chi connectivity index (χ4v) is 2.78. The molecular weight excluding hydrogens is 327 g/mol. The Balaban J connectivity index is 1.89. The quantitative estimate of drug-likeness (QED) is 0.744. The summed E-state index contributed by atoms with van der Waals surface area (Å²) in [5.41, 5.74) is 1.24. The predicted molar refractivity (Wildman–Crippen MR) is 90.3 cm³/mol. The Morgan fingerprint density at radius 1 is 1.36 bits per heavy atom. The van der Waals surface area contributed by atoms with Gasteiger partial charge in [0.05, 0.1) is 18.2 Å². The number of anilines is 2. The van der Waals surface area contributed by atoms with Gasteiger partial charge >= 0.3 is 0 Å². The van der Waals surface area contributed by atoms with Crippen molar-refractivity contribution >= 4 is 23.2 Å². The number of halogens is 1. The number of hydrogen-bond donors (Lipinski definition) is 3. The van der Waals surface area contributed by atoms with Crippen LogP contribution >= 0.6 is 0 Å². The average Bonchev–Trinajstić information content (AvgIpc) is 2.56. The van der Waals surface area contributed by atoms with Crippen LogP contribution in [0.4, 0.5) is 15.8 Å². The van der Waals surface area contributed by atoms with E-state index >= 15 is 0 Å². The predicted octanol–water partition coefficient (Wildman–Crippen LogP) is 2.99. The molecule has 2 amide bonds. The van der Waals surface area contributed by atoms with Gasteiger partial charge in [-0.25, -0.2) is 4.39 Å². The molecule has 0 saturated heterocycles. The Morgan fingerprint density at radius 2 is 2.16 bits per heavy atom. The third-order valence-corrected chi connectivity index (χ3v) is 3.89. The van der Waals surface area contributed by atoms with Gasteiger partial charge in [0, 0.05) is 18.2 Å². The van der Waals surface area contributed by atoms with E-state index in [9.17, 15) is 19.1 Å². The van der Waals surface area contributed by atoms with Gasteiger partial charge in [-0.2, -0.15) is 0 Å². The zero-order valence-electron chi connectivity index (χ0n) is 13.5. The van der Waals surface area contributed by atoms with Crippen LogP contribution in [0.25, 0.3) is 0 Å². The summed E-state index contributed by atoms with van der Waals surface area (Å²) in [6.07, 6.45) is -0.0352. The topological polar surface area (TPSA) is 87.7 Å². The number of hydrogen-bond acceptors (Lipinski definition) is 4. The second-order valence-electron chi connectivity index (χ2n) is 5.64. The van der Waals surface area contributed by atoms with Crippen LogP contribution in [0.1, 0.15) is 24.8 Å². The Labute approximate surface area is 143 Å². The number of benzene rings is 2. The van der Waals surface area contributed by atoms with E-state index in [-0.39, 0.29) is 18.1 Å². The highest BCUT2D eigenvalue weighted by molar-refractivity contribution is 6.05. The van der Waals surface area contributed by atoms with E-state index < -0.39 is 17.6 Å². The van der Waals surface area contributed by atoms with Crippen molar-refractivity contribution in [1.82, 2.24) is 0 Å². The molecule has 130 valence electrons. The van der Waals surface area contributed by atoms with Gasteiger partial charge in [0.15, 0.2) is 0 Å². The molecule has 1 aliphatic rings. The van der Waals surface area contributed by atoms with Gasteiger partial charge in [0.25, 0.3) is 0 Å². The fraction of sp³-hybridized carbons (Fsp3) is 0.222. The van der Waals surface area contributed by atoms with Crippen LogP contribution in [0.5, 0.6) is 11.5 Å². The van der Waals surface area contributed by atoms with Crippen LogP contribution in [0.2, 0.25) is 0 Å². The van der Waals surface area contributed by atoms with Crippen molar-refractivity contribution in [3.05, 3.63) is 47.8 Å². The Morgan fingerprint density at radius 3 is 2.92 bits per heavy atom. The third kappa shape index (κ3) is 3.55. The summed E-state index contributed by atoms with van der Waals surface area (Å²) in [4.78, 5) is 24.5. The van der Waals surface area contributed by atoms with E-state index in [0.717, 1.165) is 0 Å². The van der Waals surface area contributed by atoms with Crippen LogP contribution in [0.15, 0.2) is 36.4 Å². The second-order valence-corrected chi connectivity index (χ2v) is 5.64. The van der Waals surface area contributed by atoms with Gasteiger partial charge in [-0.1, -0.05) is 6.07 Å². The molecule has 7 heteroatoms. The third-order valence-electron chi connectivity index (χ3n) is 3.89. The van der Waals surface area contributed by atoms with Crippen LogP contribution in [0, 0.1) is 5.82 Å². The molecule has 1 atom stereocenters. The van der Waals surface area contributed by atoms with E-state index in [4.69, 9.17) is 4.74 Å². The Bertz CT molecular complexity index is 838. The van der Waals surface area contributed by atoms with E-state index in [0.29, 0.717) is 29.3 Å². The molecule has 0 aliphatic carbocycles. The monoisotopic (exact) mass is 344 g/mol. The van der Waals surface area contributed by atoms with Crippen LogP contribution in [-0.4, -0.2) is 23.5 Å². The zero-order valence-corrected chi connectivity index (χ0v) is 13.5. The molecule has 1 aliphatic heterocycles. The number of carbonyl (C=O) groups excluding carboxylic acids is 2. The molecule has 1 heterocycles. The maximum absolute atomic E-state index is 13.4. The first-order valence-corrected chi connectivity index (χ1v) is 7.84. The average molecular weight is 344 g/mol. The van der Waals surface area contributed by atoms with E-state index in [1.165, 1.54) is 36.4 Å². The highest BCUT2D eigenvalue weighted by atomic mass is 19.1. The summed E-state index contributed by atoms with van der Waals surface area (Å²) in [5.74, 6) is -1.65. The summed E-state index contributed by atoms with van der Waals surface area (Å²) in [6, 6.07) is 8.29. The summed E-state index contributed by atoms with van der Waals surface area (Å²) < 4.78 is 18.8. The van der Waals surface area contributed by atoms with Crippen molar-refractivity contribution in [3.63, 3.8) is 0 Å². The van der Waals surface area contributed by atoms with Gasteiger partial charge in [-0.05, 0) is 36.8 Å². The molecule has 0 aromatic heterocycles. The number of aromatic hydroxyl groups is 1. The van der Waals surface area contributed by atoms with Crippen LogP contribution in [0.3, 0.4) is 0 Å². The number of phenolic OH excluding ortho intramolecular Hbond substituents is 1. The molecule has 3 N–H and O–H groups in total. The highest BCUT2D eigenvalue weighted by Crippen LogP contribution is 2.35. The summed E-state index contributed by atoms with van der Waals surface area (Å²) >= 11 is 0. The second kappa shape index (κ2) is 6.80. The van der Waals surface area contributed by atoms with Crippen molar-refractivity contribution in [1.29, 1.82) is 0 Å². The fourth-order valence-electron chi connectivity index (χ4n) is 2.78. The molecule has 2 aromatic carbocycles. The lowest BCUT2D eigenvalue weighted by Crippen LogP contribution is -2.31. The Hall–Kier alpha value is -3.09. The smallest absolute Gasteiger partial charge is 0.232 e. The number of amides is 2. The molecule has 0 bridgehead atoms. The molecule has 0 radical (unpaired) electrons. The molecule has 25 heavy (non-hydrogen) atoms. The van der Waals surface area contributed by atoms with Crippen molar-refractivity contribution in [2.75, 3.05) is 17.2 Å². The minimum Gasteiger partial charge on any atom is -0.508 e.